The summed E-state index contributed by atoms with van der Waals surface area (Å²) >= 11 is 1.81. The Morgan fingerprint density at radius 1 is 1.31 bits per heavy atom. The molecule has 0 spiro atoms. The number of hydrogen-bond donors (Lipinski definition) is 1. The van der Waals surface area contributed by atoms with E-state index < -0.39 is 0 Å². The molecule has 1 rings (SSSR count). The van der Waals surface area contributed by atoms with Gasteiger partial charge in [-0.15, -0.1) is 11.3 Å². The minimum atomic E-state index is 0.729. The molecule has 1 aromatic rings. The highest BCUT2D eigenvalue weighted by Crippen LogP contribution is 2.18. The standard InChI is InChI=1S/C12H23N3S/c1-4-5-7-15(8-6-13)9-12-14-10(2)11(3)16-12/h4-9,13H2,1-3H3. The molecule has 0 unspecified atom stereocenters. The maximum Gasteiger partial charge on any atom is 0.107 e. The molecule has 0 bridgehead atoms. The Morgan fingerprint density at radius 3 is 2.56 bits per heavy atom. The lowest BCUT2D eigenvalue weighted by Gasteiger charge is -2.19. The monoisotopic (exact) mass is 241 g/mol. The maximum absolute atomic E-state index is 5.63. The summed E-state index contributed by atoms with van der Waals surface area (Å²) in [5, 5.41) is 1.22. The van der Waals surface area contributed by atoms with Gasteiger partial charge in [0.1, 0.15) is 5.01 Å². The Bertz CT molecular complexity index is 290. The van der Waals surface area contributed by atoms with E-state index in [2.05, 4.69) is 30.7 Å². The summed E-state index contributed by atoms with van der Waals surface area (Å²) in [6.45, 7) is 10.2. The molecule has 0 saturated heterocycles. The Labute approximate surface area is 103 Å². The lowest BCUT2D eigenvalue weighted by Crippen LogP contribution is -2.30. The largest absolute Gasteiger partial charge is 0.329 e. The third kappa shape index (κ3) is 4.20. The summed E-state index contributed by atoms with van der Waals surface area (Å²) in [6, 6.07) is 0. The Balaban J connectivity index is 2.52. The van der Waals surface area contributed by atoms with Gasteiger partial charge in [-0.05, 0) is 26.8 Å². The van der Waals surface area contributed by atoms with Crippen LogP contribution in [-0.2, 0) is 6.54 Å². The summed E-state index contributed by atoms with van der Waals surface area (Å²) < 4.78 is 0. The average Bonchev–Trinajstić information content (AvgIpc) is 2.55. The van der Waals surface area contributed by atoms with Gasteiger partial charge in [-0.3, -0.25) is 4.90 Å². The molecule has 0 aliphatic heterocycles. The summed E-state index contributed by atoms with van der Waals surface area (Å²) in [6.07, 6.45) is 2.47. The van der Waals surface area contributed by atoms with Gasteiger partial charge in [0.15, 0.2) is 0 Å². The lowest BCUT2D eigenvalue weighted by atomic mass is 10.3. The normalized spacial score (nSPS) is 11.3. The van der Waals surface area contributed by atoms with Gasteiger partial charge in [-0.2, -0.15) is 0 Å². The van der Waals surface area contributed by atoms with Crippen LogP contribution in [0.5, 0.6) is 0 Å². The molecule has 0 amide bonds. The van der Waals surface area contributed by atoms with E-state index in [1.54, 1.807) is 0 Å². The number of nitrogens with two attached hydrogens (primary N) is 1. The van der Waals surface area contributed by atoms with Gasteiger partial charge >= 0.3 is 0 Å². The van der Waals surface area contributed by atoms with Gasteiger partial charge < -0.3 is 5.73 Å². The highest BCUT2D eigenvalue weighted by Gasteiger charge is 2.09. The van der Waals surface area contributed by atoms with Gasteiger partial charge in [0.05, 0.1) is 12.2 Å². The first kappa shape index (κ1) is 13.6. The van der Waals surface area contributed by atoms with Crippen LogP contribution < -0.4 is 5.73 Å². The van der Waals surface area contributed by atoms with Crippen LogP contribution in [0.1, 0.15) is 35.3 Å². The van der Waals surface area contributed by atoms with Crippen molar-refractivity contribution >= 4 is 11.3 Å². The molecule has 2 N–H and O–H groups in total. The van der Waals surface area contributed by atoms with Crippen LogP contribution in [0.2, 0.25) is 0 Å². The zero-order valence-electron chi connectivity index (χ0n) is 10.6. The van der Waals surface area contributed by atoms with Crippen LogP contribution >= 0.6 is 11.3 Å². The summed E-state index contributed by atoms with van der Waals surface area (Å²) in [7, 11) is 0. The van der Waals surface area contributed by atoms with Crippen molar-refractivity contribution in [1.82, 2.24) is 9.88 Å². The van der Waals surface area contributed by atoms with Gasteiger partial charge in [0, 0.05) is 18.0 Å². The topological polar surface area (TPSA) is 42.1 Å². The highest BCUT2D eigenvalue weighted by atomic mass is 32.1. The molecular formula is C12H23N3S. The molecule has 0 fully saturated rings. The second kappa shape index (κ2) is 6.99. The average molecular weight is 241 g/mol. The van der Waals surface area contributed by atoms with Gasteiger partial charge in [-0.25, -0.2) is 4.98 Å². The molecule has 16 heavy (non-hydrogen) atoms. The first-order chi connectivity index (χ1) is 7.67. The summed E-state index contributed by atoms with van der Waals surface area (Å²) in [5.41, 5.74) is 6.80. The van der Waals surface area contributed by atoms with Crippen LogP contribution in [0.25, 0.3) is 0 Å². The molecule has 0 radical (unpaired) electrons. The van der Waals surface area contributed by atoms with E-state index in [1.165, 1.54) is 28.4 Å². The third-order valence-electron chi connectivity index (χ3n) is 2.70. The van der Waals surface area contributed by atoms with Crippen molar-refractivity contribution in [2.24, 2.45) is 5.73 Å². The first-order valence-electron chi connectivity index (χ1n) is 6.02. The van der Waals surface area contributed by atoms with Gasteiger partial charge in [-0.1, -0.05) is 13.3 Å². The number of thiazole rings is 1. The molecule has 0 saturated carbocycles. The zero-order valence-corrected chi connectivity index (χ0v) is 11.4. The number of nitrogens with zero attached hydrogens (tertiary/aromatic N) is 2. The lowest BCUT2D eigenvalue weighted by molar-refractivity contribution is 0.268. The minimum absolute atomic E-state index is 0.729. The number of aromatic nitrogens is 1. The summed E-state index contributed by atoms with van der Waals surface area (Å²) in [5.74, 6) is 0. The highest BCUT2D eigenvalue weighted by molar-refractivity contribution is 7.11. The van der Waals surface area contributed by atoms with E-state index in [4.69, 9.17) is 5.73 Å². The predicted octanol–water partition coefficient (Wildman–Crippen LogP) is 2.32. The van der Waals surface area contributed by atoms with Crippen molar-refractivity contribution in [3.8, 4) is 0 Å². The second-order valence-electron chi connectivity index (χ2n) is 4.17. The number of rotatable bonds is 7. The molecule has 0 aromatic carbocycles. The fourth-order valence-corrected chi connectivity index (χ4v) is 2.61. The second-order valence-corrected chi connectivity index (χ2v) is 5.46. The van der Waals surface area contributed by atoms with Crippen LogP contribution in [0, 0.1) is 13.8 Å². The Kier molecular flexibility index (Phi) is 5.95. The van der Waals surface area contributed by atoms with E-state index in [-0.39, 0.29) is 0 Å². The quantitative estimate of drug-likeness (QED) is 0.796. The molecule has 4 heteroatoms. The smallest absolute Gasteiger partial charge is 0.107 e. The molecule has 1 aromatic heterocycles. The number of hydrogen-bond acceptors (Lipinski definition) is 4. The molecule has 1 heterocycles. The molecule has 0 atom stereocenters. The van der Waals surface area contributed by atoms with Crippen LogP contribution in [0.3, 0.4) is 0 Å². The molecular weight excluding hydrogens is 218 g/mol. The van der Waals surface area contributed by atoms with E-state index in [0.717, 1.165) is 26.2 Å². The van der Waals surface area contributed by atoms with Gasteiger partial charge in [0.2, 0.25) is 0 Å². The molecule has 92 valence electrons. The molecule has 3 nitrogen and oxygen atoms in total. The van der Waals surface area contributed by atoms with Crippen LogP contribution in [0.15, 0.2) is 0 Å². The van der Waals surface area contributed by atoms with Crippen molar-refractivity contribution in [3.63, 3.8) is 0 Å². The van der Waals surface area contributed by atoms with E-state index >= 15 is 0 Å². The van der Waals surface area contributed by atoms with E-state index in [0.29, 0.717) is 0 Å². The van der Waals surface area contributed by atoms with E-state index in [9.17, 15) is 0 Å². The van der Waals surface area contributed by atoms with Crippen molar-refractivity contribution in [3.05, 3.63) is 15.6 Å². The Hall–Kier alpha value is -0.450. The maximum atomic E-state index is 5.63. The van der Waals surface area contributed by atoms with Crippen molar-refractivity contribution < 1.29 is 0 Å². The third-order valence-corrected chi connectivity index (χ3v) is 3.76. The van der Waals surface area contributed by atoms with Crippen LogP contribution in [0.4, 0.5) is 0 Å². The zero-order chi connectivity index (χ0) is 12.0. The number of aryl methyl sites for hydroxylation is 2. The SMILES string of the molecule is CCCCN(CCN)Cc1nc(C)c(C)s1. The minimum Gasteiger partial charge on any atom is -0.329 e. The number of unbranched alkanes of at least 4 members (excludes halogenated alkanes) is 1. The summed E-state index contributed by atoms with van der Waals surface area (Å²) in [4.78, 5) is 8.31. The van der Waals surface area contributed by atoms with Crippen molar-refractivity contribution in [2.75, 3.05) is 19.6 Å². The van der Waals surface area contributed by atoms with Crippen molar-refractivity contribution in [1.29, 1.82) is 0 Å². The molecule has 0 aliphatic carbocycles. The first-order valence-corrected chi connectivity index (χ1v) is 6.84. The molecule has 0 aliphatic rings. The fraction of sp³-hybridized carbons (Fsp3) is 0.750. The van der Waals surface area contributed by atoms with Crippen molar-refractivity contribution in [2.45, 2.75) is 40.2 Å². The predicted molar refractivity (Wildman–Crippen MR) is 70.8 cm³/mol. The van der Waals surface area contributed by atoms with Gasteiger partial charge in [0.25, 0.3) is 0 Å². The van der Waals surface area contributed by atoms with Crippen LogP contribution in [-0.4, -0.2) is 29.5 Å². The fourth-order valence-electron chi connectivity index (χ4n) is 1.63. The van der Waals surface area contributed by atoms with E-state index in [1.807, 2.05) is 11.3 Å². The Morgan fingerprint density at radius 2 is 2.06 bits per heavy atom.